The normalized spacial score (nSPS) is 22.9. The van der Waals surface area contributed by atoms with E-state index in [2.05, 4.69) is 41.1 Å². The Labute approximate surface area is 131 Å². The van der Waals surface area contributed by atoms with Gasteiger partial charge in [-0.25, -0.2) is 0 Å². The van der Waals surface area contributed by atoms with Crippen LogP contribution >= 0.6 is 0 Å². The van der Waals surface area contributed by atoms with Gasteiger partial charge in [-0.05, 0) is 36.9 Å². The molecule has 3 rings (SSSR count). The van der Waals surface area contributed by atoms with E-state index < -0.39 is 0 Å². The second-order valence-corrected chi connectivity index (χ2v) is 6.26. The fraction of sp³-hybridized carbons (Fsp3) is 0.529. The molecule has 2 heterocycles. The number of aliphatic hydroxyl groups excluding tert-OH is 1. The molecule has 2 atom stereocenters. The van der Waals surface area contributed by atoms with E-state index in [1.165, 1.54) is 11.1 Å². The predicted molar refractivity (Wildman–Crippen MR) is 83.3 cm³/mol. The topological polar surface area (TPSA) is 62.4 Å². The van der Waals surface area contributed by atoms with Crippen LogP contribution < -0.4 is 0 Å². The summed E-state index contributed by atoms with van der Waals surface area (Å²) in [4.78, 5) is 2.18. The van der Waals surface area contributed by atoms with Crippen LogP contribution in [0.5, 0.6) is 0 Å². The lowest BCUT2D eigenvalue weighted by molar-refractivity contribution is 0.0226. The van der Waals surface area contributed by atoms with E-state index in [0.29, 0.717) is 37.2 Å². The van der Waals surface area contributed by atoms with Crippen LogP contribution in [-0.4, -0.2) is 39.4 Å². The Morgan fingerprint density at radius 3 is 2.82 bits per heavy atom. The van der Waals surface area contributed by atoms with E-state index in [1.807, 2.05) is 12.1 Å². The highest BCUT2D eigenvalue weighted by Gasteiger charge is 2.25. The third-order valence-electron chi connectivity index (χ3n) is 4.47. The van der Waals surface area contributed by atoms with Crippen LogP contribution in [0.2, 0.25) is 0 Å². The van der Waals surface area contributed by atoms with Crippen molar-refractivity contribution in [3.63, 3.8) is 0 Å². The van der Waals surface area contributed by atoms with Crippen molar-refractivity contribution in [3.05, 3.63) is 47.2 Å². The van der Waals surface area contributed by atoms with Crippen molar-refractivity contribution in [2.75, 3.05) is 13.1 Å². The van der Waals surface area contributed by atoms with Crippen molar-refractivity contribution >= 4 is 0 Å². The maximum Gasteiger partial charge on any atom is 0.230 e. The number of benzene rings is 1. The van der Waals surface area contributed by atoms with Gasteiger partial charge in [-0.1, -0.05) is 31.2 Å². The van der Waals surface area contributed by atoms with Crippen molar-refractivity contribution in [3.8, 4) is 0 Å². The molecule has 1 N–H and O–H groups in total. The number of β-amino-alcohol motifs (C(OH)–C–C–N with tert-alkyl or cyclic N) is 1. The number of piperidine rings is 1. The molecule has 22 heavy (non-hydrogen) atoms. The number of nitrogens with zero attached hydrogens (tertiary/aromatic N) is 3. The number of aromatic nitrogens is 2. The van der Waals surface area contributed by atoms with Gasteiger partial charge in [-0.2, -0.15) is 0 Å². The molecule has 118 valence electrons. The third-order valence-corrected chi connectivity index (χ3v) is 4.47. The predicted octanol–water partition coefficient (Wildman–Crippen LogP) is 2.17. The fourth-order valence-corrected chi connectivity index (χ4v) is 2.84. The number of aryl methyl sites for hydroxylation is 1. The van der Waals surface area contributed by atoms with Gasteiger partial charge in [-0.3, -0.25) is 4.90 Å². The first kappa shape index (κ1) is 15.2. The Kier molecular flexibility index (Phi) is 4.55. The smallest absolute Gasteiger partial charge is 0.230 e. The lowest BCUT2D eigenvalue weighted by Gasteiger charge is -2.33. The second-order valence-electron chi connectivity index (χ2n) is 6.26. The van der Waals surface area contributed by atoms with Gasteiger partial charge in [-0.15, -0.1) is 10.2 Å². The van der Waals surface area contributed by atoms with Gasteiger partial charge in [0.05, 0.1) is 19.1 Å². The van der Waals surface area contributed by atoms with Crippen molar-refractivity contribution in [1.82, 2.24) is 15.1 Å². The average Bonchev–Trinajstić information content (AvgIpc) is 2.93. The monoisotopic (exact) mass is 301 g/mol. The van der Waals surface area contributed by atoms with Crippen LogP contribution in [0.1, 0.15) is 36.3 Å². The van der Waals surface area contributed by atoms with Crippen LogP contribution in [0, 0.1) is 12.8 Å². The molecule has 0 amide bonds. The summed E-state index contributed by atoms with van der Waals surface area (Å²) in [5, 5.41) is 18.2. The zero-order valence-electron chi connectivity index (χ0n) is 13.2. The van der Waals surface area contributed by atoms with E-state index in [-0.39, 0.29) is 6.10 Å². The zero-order valence-corrected chi connectivity index (χ0v) is 13.2. The molecule has 2 aromatic rings. The summed E-state index contributed by atoms with van der Waals surface area (Å²) in [5.41, 5.74) is 2.44. The van der Waals surface area contributed by atoms with E-state index in [9.17, 15) is 5.11 Å². The molecule has 1 aromatic carbocycles. The highest BCUT2D eigenvalue weighted by atomic mass is 16.4. The molecule has 1 saturated heterocycles. The van der Waals surface area contributed by atoms with Gasteiger partial charge in [0, 0.05) is 6.54 Å². The minimum atomic E-state index is -0.261. The highest BCUT2D eigenvalue weighted by molar-refractivity contribution is 5.27. The maximum absolute atomic E-state index is 9.95. The molecule has 1 aliphatic rings. The number of rotatable bonds is 4. The van der Waals surface area contributed by atoms with Crippen molar-refractivity contribution < 1.29 is 9.52 Å². The Hall–Kier alpha value is -1.72. The molecule has 0 aliphatic carbocycles. The Morgan fingerprint density at radius 2 is 2.05 bits per heavy atom. The molecule has 1 fully saturated rings. The average molecular weight is 301 g/mol. The number of aliphatic hydroxyl groups is 1. The van der Waals surface area contributed by atoms with Crippen LogP contribution in [0.15, 0.2) is 28.7 Å². The van der Waals surface area contributed by atoms with Gasteiger partial charge in [0.2, 0.25) is 11.8 Å². The van der Waals surface area contributed by atoms with E-state index in [0.717, 1.165) is 13.0 Å². The van der Waals surface area contributed by atoms with Gasteiger partial charge in [0.25, 0.3) is 0 Å². The molecule has 1 aliphatic heterocycles. The lowest BCUT2D eigenvalue weighted by Crippen LogP contribution is -2.42. The van der Waals surface area contributed by atoms with E-state index >= 15 is 0 Å². The van der Waals surface area contributed by atoms with Gasteiger partial charge in [0.15, 0.2) is 0 Å². The minimum absolute atomic E-state index is 0.261. The lowest BCUT2D eigenvalue weighted by atomic mass is 9.96. The van der Waals surface area contributed by atoms with Gasteiger partial charge >= 0.3 is 0 Å². The summed E-state index contributed by atoms with van der Waals surface area (Å²) in [5.74, 6) is 1.65. The van der Waals surface area contributed by atoms with Gasteiger partial charge < -0.3 is 9.52 Å². The first-order valence-corrected chi connectivity index (χ1v) is 7.88. The summed E-state index contributed by atoms with van der Waals surface area (Å²) in [7, 11) is 0. The summed E-state index contributed by atoms with van der Waals surface area (Å²) in [6.45, 7) is 6.44. The minimum Gasteiger partial charge on any atom is -0.424 e. The first-order valence-electron chi connectivity index (χ1n) is 7.88. The van der Waals surface area contributed by atoms with Crippen molar-refractivity contribution in [2.24, 2.45) is 5.92 Å². The number of likely N-dealkylation sites (tertiary alicyclic amines) is 1. The van der Waals surface area contributed by atoms with E-state index in [1.54, 1.807) is 0 Å². The fourth-order valence-electron chi connectivity index (χ4n) is 2.84. The van der Waals surface area contributed by atoms with Crippen LogP contribution in [-0.2, 0) is 13.0 Å². The molecular formula is C17H23N3O2. The van der Waals surface area contributed by atoms with Crippen molar-refractivity contribution in [2.45, 2.75) is 39.3 Å². The maximum atomic E-state index is 9.95. The summed E-state index contributed by atoms with van der Waals surface area (Å²) >= 11 is 0. The van der Waals surface area contributed by atoms with Crippen LogP contribution in [0.4, 0.5) is 0 Å². The zero-order chi connectivity index (χ0) is 15.5. The molecule has 0 radical (unpaired) electrons. The number of hydrogen-bond acceptors (Lipinski definition) is 5. The molecule has 5 nitrogen and oxygen atoms in total. The van der Waals surface area contributed by atoms with Crippen LogP contribution in [0.25, 0.3) is 0 Å². The molecular weight excluding hydrogens is 278 g/mol. The van der Waals surface area contributed by atoms with E-state index in [4.69, 9.17) is 4.42 Å². The Bertz CT molecular complexity index is 626. The Balaban J connectivity index is 1.61. The third kappa shape index (κ3) is 3.54. The largest absolute Gasteiger partial charge is 0.424 e. The molecule has 2 unspecified atom stereocenters. The first-order chi connectivity index (χ1) is 10.6. The Morgan fingerprint density at radius 1 is 1.27 bits per heavy atom. The molecule has 5 heteroatoms. The SMILES string of the molecule is Cc1ccccc1Cc1nnc(CN2CCC(C)C(O)C2)o1. The summed E-state index contributed by atoms with van der Waals surface area (Å²) < 4.78 is 5.76. The van der Waals surface area contributed by atoms with Gasteiger partial charge in [0.1, 0.15) is 0 Å². The summed E-state index contributed by atoms with van der Waals surface area (Å²) in [6.07, 6.45) is 1.41. The quantitative estimate of drug-likeness (QED) is 0.937. The summed E-state index contributed by atoms with van der Waals surface area (Å²) in [6, 6.07) is 8.22. The molecule has 0 saturated carbocycles. The molecule has 1 aromatic heterocycles. The molecule has 0 spiro atoms. The standard InChI is InChI=1S/C17H23N3O2/c1-12-5-3-4-6-14(12)9-16-18-19-17(22-16)11-20-8-7-13(2)15(21)10-20/h3-6,13,15,21H,7-11H2,1-2H3. The van der Waals surface area contributed by atoms with Crippen molar-refractivity contribution in [1.29, 1.82) is 0 Å². The van der Waals surface area contributed by atoms with Crippen LogP contribution in [0.3, 0.4) is 0 Å². The molecule has 0 bridgehead atoms. The number of hydrogen-bond donors (Lipinski definition) is 1. The second kappa shape index (κ2) is 6.58. The highest BCUT2D eigenvalue weighted by Crippen LogP contribution is 2.19.